The van der Waals surface area contributed by atoms with E-state index in [4.69, 9.17) is 0 Å². The number of halogens is 1. The zero-order chi connectivity index (χ0) is 13.1. The third kappa shape index (κ3) is 2.90. The molecule has 2 rings (SSSR count). The number of piperidine rings is 1. The monoisotopic (exact) mass is 329 g/mol. The van der Waals surface area contributed by atoms with Crippen LogP contribution in [0.15, 0.2) is 27.6 Å². The smallest absolute Gasteiger partial charge is 0.255 e. The summed E-state index contributed by atoms with van der Waals surface area (Å²) in [5, 5.41) is 9.35. The second-order valence-corrected chi connectivity index (χ2v) is 5.89. The molecule has 1 aliphatic heterocycles. The van der Waals surface area contributed by atoms with Crippen LogP contribution in [0.3, 0.4) is 0 Å². The lowest BCUT2D eigenvalue weighted by atomic mass is 10.0. The molecule has 18 heavy (non-hydrogen) atoms. The fraction of sp³-hybridized carbons (Fsp3) is 0.462. The lowest BCUT2D eigenvalue weighted by Crippen LogP contribution is -2.45. The molecule has 1 fully saturated rings. The van der Waals surface area contributed by atoms with Gasteiger partial charge in [-0.1, -0.05) is 15.9 Å². The summed E-state index contributed by atoms with van der Waals surface area (Å²) < 4.78 is 0.904. The number of hydrogen-bond acceptors (Lipinski definition) is 3. The highest BCUT2D eigenvalue weighted by Gasteiger charge is 2.27. The van der Waals surface area contributed by atoms with Crippen molar-refractivity contribution >= 4 is 34.5 Å². The van der Waals surface area contributed by atoms with E-state index in [0.717, 1.165) is 23.7 Å². The molecule has 5 heteroatoms. The molecule has 0 spiro atoms. The van der Waals surface area contributed by atoms with Crippen LogP contribution in [0, 0.1) is 0 Å². The Hall–Kier alpha value is -0.520. The van der Waals surface area contributed by atoms with Crippen LogP contribution in [0.5, 0.6) is 0 Å². The standard InChI is InChI=1S/C13H16BrNO2S/c14-9-4-5-11(12(18)7-9)13(17)15-6-2-1-3-10(15)8-16/h4-5,7,10,16,18H,1-3,6,8H2. The lowest BCUT2D eigenvalue weighted by Gasteiger charge is -2.34. The number of carbonyl (C=O) groups excluding carboxylic acids is 1. The number of thiol groups is 1. The molecule has 0 bridgehead atoms. The van der Waals surface area contributed by atoms with E-state index in [-0.39, 0.29) is 18.6 Å². The first-order valence-corrected chi connectivity index (χ1v) is 7.28. The van der Waals surface area contributed by atoms with Crippen molar-refractivity contribution in [1.82, 2.24) is 4.90 Å². The third-order valence-corrected chi connectivity index (χ3v) is 4.15. The number of benzene rings is 1. The van der Waals surface area contributed by atoms with E-state index in [0.29, 0.717) is 17.0 Å². The highest BCUT2D eigenvalue weighted by molar-refractivity contribution is 9.10. The van der Waals surface area contributed by atoms with E-state index in [1.54, 1.807) is 11.0 Å². The zero-order valence-corrected chi connectivity index (χ0v) is 12.5. The number of amides is 1. The SMILES string of the molecule is O=C(c1ccc(Br)cc1S)N1CCCCC1CO. The Morgan fingerprint density at radius 3 is 2.94 bits per heavy atom. The normalized spacial score (nSPS) is 19.9. The van der Waals surface area contributed by atoms with Gasteiger partial charge in [0.1, 0.15) is 0 Å². The van der Waals surface area contributed by atoms with E-state index in [9.17, 15) is 9.90 Å². The topological polar surface area (TPSA) is 40.5 Å². The summed E-state index contributed by atoms with van der Waals surface area (Å²) in [6, 6.07) is 5.37. The highest BCUT2D eigenvalue weighted by atomic mass is 79.9. The van der Waals surface area contributed by atoms with E-state index >= 15 is 0 Å². The number of rotatable bonds is 2. The van der Waals surface area contributed by atoms with Gasteiger partial charge in [0.15, 0.2) is 0 Å². The number of hydrogen-bond donors (Lipinski definition) is 2. The highest BCUT2D eigenvalue weighted by Crippen LogP contribution is 2.24. The molecule has 0 aliphatic carbocycles. The van der Waals surface area contributed by atoms with Crippen molar-refractivity contribution in [2.24, 2.45) is 0 Å². The van der Waals surface area contributed by atoms with Crippen molar-refractivity contribution in [3.8, 4) is 0 Å². The molecule has 1 saturated heterocycles. The number of aliphatic hydroxyl groups is 1. The van der Waals surface area contributed by atoms with Crippen LogP contribution in [0.2, 0.25) is 0 Å². The van der Waals surface area contributed by atoms with Crippen LogP contribution in [-0.2, 0) is 0 Å². The number of likely N-dealkylation sites (tertiary alicyclic amines) is 1. The van der Waals surface area contributed by atoms with Gasteiger partial charge in [-0.2, -0.15) is 0 Å². The number of nitrogens with zero attached hydrogens (tertiary/aromatic N) is 1. The van der Waals surface area contributed by atoms with E-state index in [1.165, 1.54) is 0 Å². The van der Waals surface area contributed by atoms with E-state index in [2.05, 4.69) is 28.6 Å². The van der Waals surface area contributed by atoms with Gasteiger partial charge >= 0.3 is 0 Å². The van der Waals surface area contributed by atoms with Crippen molar-refractivity contribution in [2.45, 2.75) is 30.2 Å². The molecule has 98 valence electrons. The maximum absolute atomic E-state index is 12.5. The van der Waals surface area contributed by atoms with Crippen LogP contribution in [0.1, 0.15) is 29.6 Å². The Morgan fingerprint density at radius 2 is 2.28 bits per heavy atom. The first-order valence-electron chi connectivity index (χ1n) is 6.04. The molecule has 3 nitrogen and oxygen atoms in total. The van der Waals surface area contributed by atoms with Gasteiger partial charge in [0.05, 0.1) is 18.2 Å². The first kappa shape index (κ1) is 13.9. The average molecular weight is 330 g/mol. The number of aliphatic hydroxyl groups excluding tert-OH is 1. The summed E-state index contributed by atoms with van der Waals surface area (Å²) in [6.07, 6.45) is 2.95. The molecule has 1 aliphatic rings. The molecule has 1 heterocycles. The Bertz CT molecular complexity index is 453. The van der Waals surface area contributed by atoms with Gasteiger partial charge in [-0.05, 0) is 37.5 Å². The molecule has 1 unspecified atom stereocenters. The van der Waals surface area contributed by atoms with Crippen molar-refractivity contribution in [1.29, 1.82) is 0 Å². The van der Waals surface area contributed by atoms with Gasteiger partial charge in [0.2, 0.25) is 0 Å². The summed E-state index contributed by atoms with van der Waals surface area (Å²) in [5.41, 5.74) is 0.599. The van der Waals surface area contributed by atoms with Gasteiger partial charge in [0, 0.05) is 15.9 Å². The van der Waals surface area contributed by atoms with Crippen LogP contribution in [0.25, 0.3) is 0 Å². The van der Waals surface area contributed by atoms with Crippen molar-refractivity contribution in [3.05, 3.63) is 28.2 Å². The molecule has 1 N–H and O–H groups in total. The second-order valence-electron chi connectivity index (χ2n) is 4.49. The van der Waals surface area contributed by atoms with Gasteiger partial charge < -0.3 is 10.0 Å². The van der Waals surface area contributed by atoms with Crippen molar-refractivity contribution < 1.29 is 9.90 Å². The second kappa shape index (κ2) is 6.08. The maximum Gasteiger partial charge on any atom is 0.255 e. The van der Waals surface area contributed by atoms with Crippen molar-refractivity contribution in [3.63, 3.8) is 0 Å². The predicted molar refractivity (Wildman–Crippen MR) is 77.2 cm³/mol. The minimum Gasteiger partial charge on any atom is -0.394 e. The summed E-state index contributed by atoms with van der Waals surface area (Å²) >= 11 is 7.70. The Balaban J connectivity index is 2.24. The van der Waals surface area contributed by atoms with Gasteiger partial charge in [0.25, 0.3) is 5.91 Å². The molecule has 0 radical (unpaired) electrons. The first-order chi connectivity index (χ1) is 8.63. The predicted octanol–water partition coefficient (Wildman–Crippen LogP) is 2.72. The van der Waals surface area contributed by atoms with Crippen LogP contribution >= 0.6 is 28.6 Å². The molecule has 0 aromatic heterocycles. The van der Waals surface area contributed by atoms with Gasteiger partial charge in [-0.15, -0.1) is 12.6 Å². The van der Waals surface area contributed by atoms with Gasteiger partial charge in [-0.25, -0.2) is 0 Å². The zero-order valence-electron chi connectivity index (χ0n) is 9.97. The molecule has 0 saturated carbocycles. The minimum atomic E-state index is -0.0531. The van der Waals surface area contributed by atoms with E-state index in [1.807, 2.05) is 12.1 Å². The molecule has 1 aromatic carbocycles. The summed E-state index contributed by atoms with van der Waals surface area (Å²) in [7, 11) is 0. The summed E-state index contributed by atoms with van der Waals surface area (Å²) in [4.78, 5) is 14.9. The van der Waals surface area contributed by atoms with Crippen LogP contribution < -0.4 is 0 Å². The third-order valence-electron chi connectivity index (χ3n) is 3.29. The minimum absolute atomic E-state index is 0.0319. The van der Waals surface area contributed by atoms with E-state index < -0.39 is 0 Å². The van der Waals surface area contributed by atoms with Crippen molar-refractivity contribution in [2.75, 3.05) is 13.2 Å². The summed E-state index contributed by atoms with van der Waals surface area (Å²) in [5.74, 6) is -0.0359. The summed E-state index contributed by atoms with van der Waals surface area (Å²) in [6.45, 7) is 0.748. The quantitative estimate of drug-likeness (QED) is 0.819. The molecule has 1 amide bonds. The molecule has 1 atom stereocenters. The largest absolute Gasteiger partial charge is 0.394 e. The van der Waals surface area contributed by atoms with Gasteiger partial charge in [-0.3, -0.25) is 4.79 Å². The Kier molecular flexibility index (Phi) is 4.70. The fourth-order valence-electron chi connectivity index (χ4n) is 2.30. The fourth-order valence-corrected chi connectivity index (χ4v) is 3.15. The molecular weight excluding hydrogens is 314 g/mol. The van der Waals surface area contributed by atoms with Crippen LogP contribution in [0.4, 0.5) is 0 Å². The number of carbonyl (C=O) groups is 1. The average Bonchev–Trinajstić information content (AvgIpc) is 2.38. The molecular formula is C13H16BrNO2S. The lowest BCUT2D eigenvalue weighted by molar-refractivity contribution is 0.0499. The Morgan fingerprint density at radius 1 is 1.50 bits per heavy atom. The molecule has 1 aromatic rings. The maximum atomic E-state index is 12.5. The Labute approximate surface area is 121 Å². The van der Waals surface area contributed by atoms with Crippen LogP contribution in [-0.4, -0.2) is 35.1 Å².